The fourth-order valence-electron chi connectivity index (χ4n) is 3.64. The van der Waals surface area contributed by atoms with Crippen LogP contribution in [0, 0.1) is 11.3 Å². The molecule has 2 aromatic carbocycles. The van der Waals surface area contributed by atoms with Gasteiger partial charge in [-0.1, -0.05) is 19.1 Å². The van der Waals surface area contributed by atoms with E-state index in [1.807, 2.05) is 24.3 Å². The lowest BCUT2D eigenvalue weighted by Crippen LogP contribution is -2.19. The number of rotatable bonds is 5. The maximum atomic E-state index is 12.1. The van der Waals surface area contributed by atoms with Crippen LogP contribution in [-0.4, -0.2) is 37.1 Å². The van der Waals surface area contributed by atoms with Gasteiger partial charge in [-0.3, -0.25) is 4.90 Å². The highest BCUT2D eigenvalue weighted by atomic mass is 32.2. The molecule has 1 fully saturated rings. The predicted molar refractivity (Wildman–Crippen MR) is 106 cm³/mol. The minimum absolute atomic E-state index is 0.0633. The molecular formula is C21H21N3O3S. The molecule has 4 rings (SSSR count). The van der Waals surface area contributed by atoms with Crippen molar-refractivity contribution in [1.82, 2.24) is 9.88 Å². The van der Waals surface area contributed by atoms with E-state index in [-0.39, 0.29) is 16.6 Å². The highest BCUT2D eigenvalue weighted by Crippen LogP contribution is 2.31. The maximum Gasteiger partial charge on any atom is 0.199 e. The van der Waals surface area contributed by atoms with Gasteiger partial charge in [0.2, 0.25) is 0 Å². The Kier molecular flexibility index (Phi) is 4.92. The second-order valence-corrected chi connectivity index (χ2v) is 9.40. The number of sulfone groups is 1. The van der Waals surface area contributed by atoms with Crippen molar-refractivity contribution in [3.63, 3.8) is 0 Å². The predicted octanol–water partition coefficient (Wildman–Crippen LogP) is 3.48. The largest absolute Gasteiger partial charge is 0.440 e. The number of benzene rings is 2. The molecule has 1 aliphatic heterocycles. The van der Waals surface area contributed by atoms with Gasteiger partial charge in [0.1, 0.15) is 5.52 Å². The second kappa shape index (κ2) is 7.38. The van der Waals surface area contributed by atoms with E-state index in [0.717, 1.165) is 31.6 Å². The van der Waals surface area contributed by atoms with Gasteiger partial charge in [-0.2, -0.15) is 5.26 Å². The summed E-state index contributed by atoms with van der Waals surface area (Å²) in [5.41, 5.74) is 2.99. The Bertz CT molecular complexity index is 1160. The van der Waals surface area contributed by atoms with Crippen molar-refractivity contribution in [3.05, 3.63) is 59.5 Å². The normalized spacial score (nSPS) is 17.8. The van der Waals surface area contributed by atoms with Crippen LogP contribution in [0.4, 0.5) is 0 Å². The lowest BCUT2D eigenvalue weighted by molar-refractivity contribution is 0.321. The summed E-state index contributed by atoms with van der Waals surface area (Å²) in [7, 11) is -3.26. The quantitative estimate of drug-likeness (QED) is 0.657. The number of likely N-dealkylation sites (tertiary alicyclic amines) is 1. The minimum atomic E-state index is -3.26. The second-order valence-electron chi connectivity index (χ2n) is 7.12. The molecule has 2 heterocycles. The zero-order chi connectivity index (χ0) is 19.7. The Labute approximate surface area is 164 Å². The van der Waals surface area contributed by atoms with Crippen LogP contribution in [0.15, 0.2) is 51.8 Å². The third kappa shape index (κ3) is 3.66. The van der Waals surface area contributed by atoms with Gasteiger partial charge in [-0.25, -0.2) is 13.4 Å². The third-order valence-electron chi connectivity index (χ3n) is 5.20. The van der Waals surface area contributed by atoms with Crippen LogP contribution in [-0.2, 0) is 16.4 Å². The van der Waals surface area contributed by atoms with E-state index in [9.17, 15) is 8.42 Å². The summed E-state index contributed by atoms with van der Waals surface area (Å²) in [6.45, 7) is 4.16. The van der Waals surface area contributed by atoms with E-state index in [1.165, 1.54) is 0 Å². The average Bonchev–Trinajstić information content (AvgIpc) is 3.34. The highest BCUT2D eigenvalue weighted by molar-refractivity contribution is 7.91. The number of nitriles is 1. The molecule has 1 aliphatic rings. The zero-order valence-corrected chi connectivity index (χ0v) is 16.4. The van der Waals surface area contributed by atoms with Crippen molar-refractivity contribution in [3.8, 4) is 6.07 Å². The molecule has 0 spiro atoms. The molecule has 1 aromatic heterocycles. The van der Waals surface area contributed by atoms with Gasteiger partial charge in [0, 0.05) is 19.0 Å². The van der Waals surface area contributed by atoms with Gasteiger partial charge in [0.25, 0.3) is 0 Å². The first-order valence-electron chi connectivity index (χ1n) is 9.33. The van der Waals surface area contributed by atoms with Gasteiger partial charge >= 0.3 is 0 Å². The topological polar surface area (TPSA) is 87.2 Å². The van der Waals surface area contributed by atoms with E-state index in [2.05, 4.69) is 16.0 Å². The summed E-state index contributed by atoms with van der Waals surface area (Å²) < 4.78 is 30.1. The van der Waals surface area contributed by atoms with Crippen LogP contribution < -0.4 is 0 Å². The smallest absolute Gasteiger partial charge is 0.199 e. The summed E-state index contributed by atoms with van der Waals surface area (Å²) in [5, 5.41) is 9.05. The Morgan fingerprint density at radius 1 is 1.29 bits per heavy atom. The average molecular weight is 395 g/mol. The first kappa shape index (κ1) is 18.7. The zero-order valence-electron chi connectivity index (χ0n) is 15.6. The molecule has 1 saturated heterocycles. The van der Waals surface area contributed by atoms with Crippen LogP contribution in [0.3, 0.4) is 0 Å². The van der Waals surface area contributed by atoms with E-state index in [1.54, 1.807) is 25.1 Å². The maximum absolute atomic E-state index is 12.1. The fourth-order valence-corrected chi connectivity index (χ4v) is 4.53. The van der Waals surface area contributed by atoms with Crippen molar-refractivity contribution in [2.75, 3.05) is 18.8 Å². The molecule has 0 saturated carbocycles. The van der Waals surface area contributed by atoms with Crippen molar-refractivity contribution < 1.29 is 12.8 Å². The van der Waals surface area contributed by atoms with Crippen molar-refractivity contribution in [1.29, 1.82) is 5.26 Å². The molecule has 28 heavy (non-hydrogen) atoms. The van der Waals surface area contributed by atoms with Gasteiger partial charge in [0.05, 0.1) is 22.3 Å². The number of hydrogen-bond donors (Lipinski definition) is 0. The molecule has 0 amide bonds. The highest BCUT2D eigenvalue weighted by Gasteiger charge is 2.28. The minimum Gasteiger partial charge on any atom is -0.440 e. The fraction of sp³-hybridized carbons (Fsp3) is 0.333. The SMILES string of the molecule is CCS(=O)(=O)c1ccc2oc([C@@H]3CCN(Cc4cccc(C#N)c4)C3)nc2c1. The molecule has 7 heteroatoms. The Hall–Kier alpha value is -2.69. The third-order valence-corrected chi connectivity index (χ3v) is 6.93. The van der Waals surface area contributed by atoms with Crippen molar-refractivity contribution in [2.45, 2.75) is 30.7 Å². The van der Waals surface area contributed by atoms with Crippen LogP contribution >= 0.6 is 0 Å². The summed E-state index contributed by atoms with van der Waals surface area (Å²) >= 11 is 0. The van der Waals surface area contributed by atoms with E-state index < -0.39 is 9.84 Å². The summed E-state index contributed by atoms with van der Waals surface area (Å²) in [4.78, 5) is 7.18. The molecule has 0 bridgehead atoms. The Morgan fingerprint density at radius 2 is 2.14 bits per heavy atom. The lowest BCUT2D eigenvalue weighted by atomic mass is 10.1. The number of oxazole rings is 1. The Balaban J connectivity index is 1.50. The van der Waals surface area contributed by atoms with Gasteiger partial charge in [-0.15, -0.1) is 0 Å². The van der Waals surface area contributed by atoms with Crippen LogP contribution in [0.5, 0.6) is 0 Å². The molecule has 144 valence electrons. The number of fused-ring (bicyclic) bond motifs is 1. The van der Waals surface area contributed by atoms with E-state index in [0.29, 0.717) is 22.6 Å². The van der Waals surface area contributed by atoms with Crippen molar-refractivity contribution in [2.24, 2.45) is 0 Å². The van der Waals surface area contributed by atoms with Gasteiger partial charge < -0.3 is 4.42 Å². The number of aromatic nitrogens is 1. The van der Waals surface area contributed by atoms with Gasteiger partial charge in [-0.05, 0) is 48.9 Å². The summed E-state index contributed by atoms with van der Waals surface area (Å²) in [5.74, 6) is 0.903. The number of hydrogen-bond acceptors (Lipinski definition) is 6. The number of nitrogens with zero attached hydrogens (tertiary/aromatic N) is 3. The van der Waals surface area contributed by atoms with E-state index >= 15 is 0 Å². The molecule has 0 unspecified atom stereocenters. The first-order chi connectivity index (χ1) is 13.5. The molecule has 6 nitrogen and oxygen atoms in total. The molecule has 0 aliphatic carbocycles. The lowest BCUT2D eigenvalue weighted by Gasteiger charge is -2.15. The summed E-state index contributed by atoms with van der Waals surface area (Å²) in [6.07, 6.45) is 0.935. The van der Waals surface area contributed by atoms with Crippen LogP contribution in [0.2, 0.25) is 0 Å². The van der Waals surface area contributed by atoms with Crippen LogP contribution in [0.25, 0.3) is 11.1 Å². The molecule has 0 radical (unpaired) electrons. The first-order valence-corrected chi connectivity index (χ1v) is 11.0. The Morgan fingerprint density at radius 3 is 2.93 bits per heavy atom. The van der Waals surface area contributed by atoms with Crippen LogP contribution in [0.1, 0.15) is 36.3 Å². The molecule has 3 aromatic rings. The molecule has 1 atom stereocenters. The summed E-state index contributed by atoms with van der Waals surface area (Å²) in [6, 6.07) is 14.7. The monoisotopic (exact) mass is 395 g/mol. The van der Waals surface area contributed by atoms with Gasteiger partial charge in [0.15, 0.2) is 21.3 Å². The molecular weight excluding hydrogens is 374 g/mol. The van der Waals surface area contributed by atoms with Crippen molar-refractivity contribution >= 4 is 20.9 Å². The molecule has 0 N–H and O–H groups in total. The standard InChI is InChI=1S/C21H21N3O3S/c1-2-28(25,26)18-6-7-20-19(11-18)23-21(27-20)17-8-9-24(14-17)13-16-5-3-4-15(10-16)12-22/h3-7,10-11,17H,2,8-9,13-14H2,1H3/t17-/m1/s1. The van der Waals surface area contributed by atoms with E-state index in [4.69, 9.17) is 9.68 Å².